The van der Waals surface area contributed by atoms with Crippen molar-refractivity contribution in [3.8, 4) is 5.75 Å². The molecule has 1 heterocycles. The number of rotatable bonds is 5. The lowest BCUT2D eigenvalue weighted by Crippen LogP contribution is -2.10. The van der Waals surface area contributed by atoms with Gasteiger partial charge in [0.25, 0.3) is 0 Å². The highest BCUT2D eigenvalue weighted by molar-refractivity contribution is 5.98. The summed E-state index contributed by atoms with van der Waals surface area (Å²) in [5.74, 6) is -1.12. The van der Waals surface area contributed by atoms with Crippen molar-refractivity contribution in [3.63, 3.8) is 0 Å². The highest BCUT2D eigenvalue weighted by Gasteiger charge is 2.16. The van der Waals surface area contributed by atoms with Gasteiger partial charge in [0.1, 0.15) is 17.8 Å². The maximum atomic E-state index is 13.2. The molecule has 0 spiro atoms. The summed E-state index contributed by atoms with van der Waals surface area (Å²) in [6.45, 7) is -0.194. The van der Waals surface area contributed by atoms with E-state index in [9.17, 15) is 19.3 Å². The van der Waals surface area contributed by atoms with Gasteiger partial charge in [-0.1, -0.05) is 0 Å². The number of Topliss-reactive ketones (excluding diaryl/α,β-unsaturated/α-hetero) is 1. The molecule has 104 valence electrons. The zero-order chi connectivity index (χ0) is 14.7. The third kappa shape index (κ3) is 2.79. The fourth-order valence-corrected chi connectivity index (χ4v) is 1.68. The Kier molecular flexibility index (Phi) is 3.74. The van der Waals surface area contributed by atoms with Gasteiger partial charge in [-0.3, -0.25) is 4.79 Å². The second-order valence-electron chi connectivity index (χ2n) is 3.93. The third-order valence-corrected chi connectivity index (χ3v) is 2.59. The molecule has 0 atom stereocenters. The number of hydrogen-bond acceptors (Lipinski definition) is 5. The number of nitro groups is 1. The van der Waals surface area contributed by atoms with Gasteiger partial charge in [0.05, 0.1) is 19.2 Å². The Hall–Kier alpha value is -2.77. The normalized spacial score (nSPS) is 10.3. The Labute approximate surface area is 112 Å². The molecule has 7 nitrogen and oxygen atoms in total. The summed E-state index contributed by atoms with van der Waals surface area (Å²) < 4.78 is 19.4. The number of methoxy groups -OCH3 is 1. The molecule has 0 fully saturated rings. The number of aromatic nitrogens is 2. The van der Waals surface area contributed by atoms with Crippen LogP contribution in [0.25, 0.3) is 0 Å². The zero-order valence-electron chi connectivity index (χ0n) is 10.4. The Morgan fingerprint density at radius 3 is 2.90 bits per heavy atom. The van der Waals surface area contributed by atoms with Crippen molar-refractivity contribution < 1.29 is 18.8 Å². The van der Waals surface area contributed by atoms with Crippen molar-refractivity contribution in [1.82, 2.24) is 9.55 Å². The maximum absolute atomic E-state index is 13.2. The minimum atomic E-state index is -0.663. The third-order valence-electron chi connectivity index (χ3n) is 2.59. The van der Waals surface area contributed by atoms with Gasteiger partial charge in [0.15, 0.2) is 5.78 Å². The van der Waals surface area contributed by atoms with Gasteiger partial charge in [-0.05, 0) is 28.1 Å². The van der Waals surface area contributed by atoms with Crippen LogP contribution < -0.4 is 4.74 Å². The Morgan fingerprint density at radius 2 is 2.30 bits per heavy atom. The molecule has 2 rings (SSSR count). The van der Waals surface area contributed by atoms with Gasteiger partial charge in [0, 0.05) is 0 Å². The zero-order valence-corrected chi connectivity index (χ0v) is 10.4. The van der Waals surface area contributed by atoms with E-state index in [1.807, 2.05) is 0 Å². The highest BCUT2D eigenvalue weighted by atomic mass is 19.1. The van der Waals surface area contributed by atoms with Crippen LogP contribution in [-0.4, -0.2) is 27.4 Å². The molecule has 0 saturated carbocycles. The molecule has 2 aromatic rings. The van der Waals surface area contributed by atoms with E-state index in [4.69, 9.17) is 4.74 Å². The molecule has 0 aliphatic carbocycles. The second kappa shape index (κ2) is 5.47. The quantitative estimate of drug-likeness (QED) is 0.473. The van der Waals surface area contributed by atoms with Crippen molar-refractivity contribution in [1.29, 1.82) is 0 Å². The average Bonchev–Trinajstić information content (AvgIpc) is 2.87. The van der Waals surface area contributed by atoms with Crippen LogP contribution in [0.1, 0.15) is 10.4 Å². The van der Waals surface area contributed by atoms with E-state index in [1.54, 1.807) is 0 Å². The summed E-state index contributed by atoms with van der Waals surface area (Å²) in [5.41, 5.74) is 0.0730. The van der Waals surface area contributed by atoms with E-state index in [2.05, 4.69) is 4.98 Å². The molecule has 0 N–H and O–H groups in total. The van der Waals surface area contributed by atoms with E-state index < -0.39 is 16.5 Å². The molecule has 8 heteroatoms. The van der Waals surface area contributed by atoms with Crippen molar-refractivity contribution >= 4 is 11.6 Å². The van der Waals surface area contributed by atoms with Crippen molar-refractivity contribution in [3.05, 3.63) is 52.2 Å². The number of imidazole rings is 1. The van der Waals surface area contributed by atoms with Crippen LogP contribution in [0.5, 0.6) is 5.75 Å². The van der Waals surface area contributed by atoms with Crippen LogP contribution in [0.15, 0.2) is 30.7 Å². The first kappa shape index (κ1) is 13.7. The van der Waals surface area contributed by atoms with Gasteiger partial charge < -0.3 is 19.4 Å². The lowest BCUT2D eigenvalue weighted by atomic mass is 10.1. The van der Waals surface area contributed by atoms with Gasteiger partial charge in [0.2, 0.25) is 6.33 Å². The molecular formula is C12H10FN3O4. The van der Waals surface area contributed by atoms with Crippen LogP contribution >= 0.6 is 0 Å². The second-order valence-corrected chi connectivity index (χ2v) is 3.93. The number of halogens is 1. The summed E-state index contributed by atoms with van der Waals surface area (Å²) >= 11 is 0. The fourth-order valence-electron chi connectivity index (χ4n) is 1.68. The smallest absolute Gasteiger partial charge is 0.381 e. The van der Waals surface area contributed by atoms with E-state index in [1.165, 1.54) is 30.1 Å². The van der Waals surface area contributed by atoms with Crippen LogP contribution in [0.3, 0.4) is 0 Å². The monoisotopic (exact) mass is 279 g/mol. The number of carbonyl (C=O) groups excluding carboxylic acids is 1. The number of nitrogens with zero attached hydrogens (tertiary/aromatic N) is 3. The molecule has 1 aromatic carbocycles. The maximum Gasteiger partial charge on any atom is 0.381 e. The summed E-state index contributed by atoms with van der Waals surface area (Å²) in [6, 6.07) is 3.59. The summed E-state index contributed by atoms with van der Waals surface area (Å²) in [7, 11) is 1.37. The number of benzene rings is 1. The molecule has 0 amide bonds. The number of ether oxygens (including phenoxy) is 1. The molecule has 0 bridgehead atoms. The van der Waals surface area contributed by atoms with Gasteiger partial charge in [-0.25, -0.2) is 4.39 Å². The van der Waals surface area contributed by atoms with Crippen molar-refractivity contribution in [2.24, 2.45) is 0 Å². The van der Waals surface area contributed by atoms with Crippen LogP contribution in [-0.2, 0) is 6.54 Å². The first-order valence-electron chi connectivity index (χ1n) is 5.54. The SMILES string of the molecule is COc1ccc(F)cc1C(=O)Cn1cnc([N+](=O)[O-])c1. The van der Waals surface area contributed by atoms with E-state index in [0.717, 1.165) is 12.3 Å². The molecule has 0 aliphatic rings. The predicted molar refractivity (Wildman–Crippen MR) is 66.2 cm³/mol. The van der Waals surface area contributed by atoms with Crippen LogP contribution in [0.2, 0.25) is 0 Å². The van der Waals surface area contributed by atoms with E-state index >= 15 is 0 Å². The Bertz CT molecular complexity index is 668. The van der Waals surface area contributed by atoms with Crippen molar-refractivity contribution in [2.75, 3.05) is 7.11 Å². The number of carbonyl (C=O) groups is 1. The molecule has 0 unspecified atom stereocenters. The Balaban J connectivity index is 2.23. The largest absolute Gasteiger partial charge is 0.496 e. The van der Waals surface area contributed by atoms with E-state index in [-0.39, 0.29) is 23.7 Å². The highest BCUT2D eigenvalue weighted by Crippen LogP contribution is 2.20. The van der Waals surface area contributed by atoms with Gasteiger partial charge in [-0.15, -0.1) is 0 Å². The van der Waals surface area contributed by atoms with Crippen LogP contribution in [0, 0.1) is 15.9 Å². The first-order chi connectivity index (χ1) is 9.51. The van der Waals surface area contributed by atoms with Crippen LogP contribution in [0.4, 0.5) is 10.2 Å². The standard InChI is InChI=1S/C12H10FN3O4/c1-20-11-3-2-8(13)4-9(11)10(17)5-15-6-12(14-7-15)16(18)19/h2-4,6-7H,5H2,1H3. The predicted octanol–water partition coefficient (Wildman–Crippen LogP) is 1.82. The topological polar surface area (TPSA) is 87.3 Å². The summed E-state index contributed by atoms with van der Waals surface area (Å²) in [6.07, 6.45) is 2.30. The minimum absolute atomic E-state index is 0.0730. The number of hydrogen-bond donors (Lipinski definition) is 0. The average molecular weight is 279 g/mol. The first-order valence-corrected chi connectivity index (χ1v) is 5.54. The lowest BCUT2D eigenvalue weighted by molar-refractivity contribution is -0.389. The van der Waals surface area contributed by atoms with Gasteiger partial charge >= 0.3 is 5.82 Å². The molecule has 1 aromatic heterocycles. The van der Waals surface area contributed by atoms with E-state index in [0.29, 0.717) is 0 Å². The minimum Gasteiger partial charge on any atom is -0.496 e. The summed E-state index contributed by atoms with van der Waals surface area (Å²) in [5, 5.41) is 10.5. The molecule has 0 radical (unpaired) electrons. The van der Waals surface area contributed by atoms with Crippen molar-refractivity contribution in [2.45, 2.75) is 6.54 Å². The summed E-state index contributed by atoms with van der Waals surface area (Å²) in [4.78, 5) is 25.4. The molecule has 20 heavy (non-hydrogen) atoms. The molecule has 0 aliphatic heterocycles. The molecular weight excluding hydrogens is 269 g/mol. The fraction of sp³-hybridized carbons (Fsp3) is 0.167. The lowest BCUT2D eigenvalue weighted by Gasteiger charge is -2.07. The Morgan fingerprint density at radius 1 is 1.55 bits per heavy atom. The number of ketones is 1. The molecule has 0 saturated heterocycles. The van der Waals surface area contributed by atoms with Gasteiger partial charge in [-0.2, -0.15) is 0 Å².